The number of benzene rings is 2. The minimum absolute atomic E-state index is 0.319. The van der Waals surface area contributed by atoms with Crippen LogP contribution < -0.4 is 0 Å². The Morgan fingerprint density at radius 3 is 2.75 bits per heavy atom. The van der Waals surface area contributed by atoms with Crippen LogP contribution >= 0.6 is 22.6 Å². The van der Waals surface area contributed by atoms with E-state index in [-0.39, 0.29) is 0 Å². The number of rotatable bonds is 2. The third-order valence-electron chi connectivity index (χ3n) is 3.22. The van der Waals surface area contributed by atoms with Crippen molar-refractivity contribution >= 4 is 39.5 Å². The van der Waals surface area contributed by atoms with Crippen LogP contribution in [0.3, 0.4) is 0 Å². The van der Waals surface area contributed by atoms with Crippen LogP contribution in [0.15, 0.2) is 42.6 Å². The summed E-state index contributed by atoms with van der Waals surface area (Å²) in [5.74, 6) is -0.908. The van der Waals surface area contributed by atoms with Crippen LogP contribution in [0.25, 0.3) is 16.6 Å². The number of hydrogen-bond acceptors (Lipinski definition) is 2. The van der Waals surface area contributed by atoms with Crippen molar-refractivity contribution in [3.05, 3.63) is 57.3 Å². The fourth-order valence-corrected chi connectivity index (χ4v) is 2.74. The Hall–Kier alpha value is -1.89. The maximum absolute atomic E-state index is 11.0. The van der Waals surface area contributed by atoms with E-state index in [4.69, 9.17) is 5.11 Å². The first-order valence-corrected chi connectivity index (χ1v) is 7.12. The van der Waals surface area contributed by atoms with Gasteiger partial charge in [-0.25, -0.2) is 9.48 Å². The first-order valence-electron chi connectivity index (χ1n) is 6.04. The summed E-state index contributed by atoms with van der Waals surface area (Å²) in [5.41, 5.74) is 2.92. The molecule has 0 spiro atoms. The molecule has 5 heteroatoms. The van der Waals surface area contributed by atoms with Gasteiger partial charge in [0.25, 0.3) is 0 Å². The van der Waals surface area contributed by atoms with E-state index in [1.165, 1.54) is 0 Å². The molecule has 100 valence electrons. The number of nitrogens with zero attached hydrogens (tertiary/aromatic N) is 2. The minimum Gasteiger partial charge on any atom is -0.478 e. The highest BCUT2D eigenvalue weighted by atomic mass is 127. The van der Waals surface area contributed by atoms with Crippen LogP contribution in [0.2, 0.25) is 0 Å². The molecule has 1 aromatic heterocycles. The number of halogens is 1. The molecule has 20 heavy (non-hydrogen) atoms. The Bertz CT molecular complexity index is 824. The van der Waals surface area contributed by atoms with Gasteiger partial charge in [0.2, 0.25) is 0 Å². The Kier molecular flexibility index (Phi) is 3.21. The second kappa shape index (κ2) is 4.90. The van der Waals surface area contributed by atoms with Crippen molar-refractivity contribution in [3.63, 3.8) is 0 Å². The van der Waals surface area contributed by atoms with Crippen LogP contribution in [-0.2, 0) is 0 Å². The number of aryl methyl sites for hydroxylation is 1. The molecule has 0 radical (unpaired) electrons. The van der Waals surface area contributed by atoms with E-state index >= 15 is 0 Å². The topological polar surface area (TPSA) is 55.1 Å². The number of hydrogen-bond donors (Lipinski definition) is 1. The van der Waals surface area contributed by atoms with Gasteiger partial charge in [-0.15, -0.1) is 0 Å². The smallest absolute Gasteiger partial charge is 0.335 e. The summed E-state index contributed by atoms with van der Waals surface area (Å²) >= 11 is 2.27. The fourth-order valence-electron chi connectivity index (χ4n) is 2.23. The van der Waals surface area contributed by atoms with Crippen LogP contribution in [0.1, 0.15) is 15.9 Å². The standard InChI is InChI=1S/C15H11IN2O2/c1-9-6-12(3-4-13(9)15(19)20)18-14-5-2-11(16)7-10(14)8-17-18/h2-8H,1H3,(H,19,20). The van der Waals surface area contributed by atoms with E-state index in [1.807, 2.05) is 29.1 Å². The Morgan fingerprint density at radius 1 is 1.25 bits per heavy atom. The SMILES string of the molecule is Cc1cc(-n2ncc3cc(I)ccc32)ccc1C(=O)O. The van der Waals surface area contributed by atoms with Gasteiger partial charge >= 0.3 is 5.97 Å². The molecule has 1 heterocycles. The van der Waals surface area contributed by atoms with Gasteiger partial charge < -0.3 is 5.11 Å². The van der Waals surface area contributed by atoms with Crippen LogP contribution in [0.5, 0.6) is 0 Å². The van der Waals surface area contributed by atoms with Crippen molar-refractivity contribution in [2.24, 2.45) is 0 Å². The largest absolute Gasteiger partial charge is 0.478 e. The molecule has 0 aliphatic heterocycles. The van der Waals surface area contributed by atoms with Crippen molar-refractivity contribution in [1.82, 2.24) is 9.78 Å². The lowest BCUT2D eigenvalue weighted by atomic mass is 10.1. The molecule has 0 aliphatic carbocycles. The molecular weight excluding hydrogens is 367 g/mol. The molecule has 0 aliphatic rings. The Labute approximate surface area is 129 Å². The van der Waals surface area contributed by atoms with E-state index in [2.05, 4.69) is 33.8 Å². The zero-order valence-corrected chi connectivity index (χ0v) is 12.8. The van der Waals surface area contributed by atoms with Gasteiger partial charge in [-0.05, 0) is 71.5 Å². The van der Waals surface area contributed by atoms with Crippen molar-refractivity contribution < 1.29 is 9.90 Å². The fraction of sp³-hybridized carbons (Fsp3) is 0.0667. The highest BCUT2D eigenvalue weighted by molar-refractivity contribution is 14.1. The molecule has 1 N–H and O–H groups in total. The second-order valence-electron chi connectivity index (χ2n) is 4.56. The zero-order chi connectivity index (χ0) is 14.3. The number of carboxylic acid groups (broad SMARTS) is 1. The summed E-state index contributed by atoms with van der Waals surface area (Å²) < 4.78 is 2.98. The van der Waals surface area contributed by atoms with Gasteiger partial charge in [-0.2, -0.15) is 5.10 Å². The van der Waals surface area contributed by atoms with Crippen LogP contribution in [-0.4, -0.2) is 20.9 Å². The maximum atomic E-state index is 11.0. The zero-order valence-electron chi connectivity index (χ0n) is 10.7. The molecular formula is C15H11IN2O2. The van der Waals surface area contributed by atoms with E-state index in [1.54, 1.807) is 19.1 Å². The van der Waals surface area contributed by atoms with Gasteiger partial charge in [0, 0.05) is 8.96 Å². The third kappa shape index (κ3) is 2.18. The first-order chi connectivity index (χ1) is 9.56. The van der Waals surface area contributed by atoms with Gasteiger partial charge in [-0.1, -0.05) is 0 Å². The molecule has 0 bridgehead atoms. The summed E-state index contributed by atoms with van der Waals surface area (Å²) in [6, 6.07) is 11.4. The van der Waals surface area contributed by atoms with Gasteiger partial charge in [0.15, 0.2) is 0 Å². The lowest BCUT2D eigenvalue weighted by Gasteiger charge is -2.07. The molecule has 0 saturated heterocycles. The van der Waals surface area contributed by atoms with Crippen molar-refractivity contribution in [1.29, 1.82) is 0 Å². The Balaban J connectivity index is 2.16. The van der Waals surface area contributed by atoms with Gasteiger partial charge in [0.05, 0.1) is 23.0 Å². The number of carbonyl (C=O) groups is 1. The number of carboxylic acids is 1. The van der Waals surface area contributed by atoms with E-state index in [0.29, 0.717) is 5.56 Å². The molecule has 0 atom stereocenters. The normalized spacial score (nSPS) is 10.9. The molecule has 3 aromatic rings. The molecule has 4 nitrogen and oxygen atoms in total. The van der Waals surface area contributed by atoms with E-state index in [0.717, 1.165) is 25.7 Å². The highest BCUT2D eigenvalue weighted by Gasteiger charge is 2.10. The molecule has 0 saturated carbocycles. The van der Waals surface area contributed by atoms with Crippen LogP contribution in [0.4, 0.5) is 0 Å². The average Bonchev–Trinajstić information content (AvgIpc) is 2.80. The monoisotopic (exact) mass is 378 g/mol. The number of fused-ring (bicyclic) bond motifs is 1. The van der Waals surface area contributed by atoms with E-state index < -0.39 is 5.97 Å². The molecule has 0 unspecified atom stereocenters. The molecule has 0 amide bonds. The third-order valence-corrected chi connectivity index (χ3v) is 3.89. The predicted octanol–water partition coefficient (Wildman–Crippen LogP) is 3.64. The summed E-state index contributed by atoms with van der Waals surface area (Å²) in [6.07, 6.45) is 1.82. The highest BCUT2D eigenvalue weighted by Crippen LogP contribution is 2.22. The number of aromatic nitrogens is 2. The summed E-state index contributed by atoms with van der Waals surface area (Å²) in [5, 5.41) is 14.5. The van der Waals surface area contributed by atoms with Crippen molar-refractivity contribution in [2.75, 3.05) is 0 Å². The molecule has 0 fully saturated rings. The summed E-state index contributed by atoms with van der Waals surface area (Å²) in [4.78, 5) is 11.0. The van der Waals surface area contributed by atoms with Crippen molar-refractivity contribution in [3.8, 4) is 5.69 Å². The van der Waals surface area contributed by atoms with Crippen molar-refractivity contribution in [2.45, 2.75) is 6.92 Å². The lowest BCUT2D eigenvalue weighted by molar-refractivity contribution is 0.0696. The maximum Gasteiger partial charge on any atom is 0.335 e. The first kappa shape index (κ1) is 13.1. The molecule has 3 rings (SSSR count). The van der Waals surface area contributed by atoms with Gasteiger partial charge in [-0.3, -0.25) is 0 Å². The molecule has 2 aromatic carbocycles. The number of aromatic carboxylic acids is 1. The Morgan fingerprint density at radius 2 is 2.05 bits per heavy atom. The van der Waals surface area contributed by atoms with Crippen LogP contribution in [0, 0.1) is 10.5 Å². The summed E-state index contributed by atoms with van der Waals surface area (Å²) in [6.45, 7) is 1.79. The van der Waals surface area contributed by atoms with E-state index in [9.17, 15) is 4.79 Å². The predicted molar refractivity (Wildman–Crippen MR) is 85.5 cm³/mol. The quantitative estimate of drug-likeness (QED) is 0.693. The second-order valence-corrected chi connectivity index (χ2v) is 5.81. The summed E-state index contributed by atoms with van der Waals surface area (Å²) in [7, 11) is 0. The lowest BCUT2D eigenvalue weighted by Crippen LogP contribution is -2.02. The minimum atomic E-state index is -0.908. The van der Waals surface area contributed by atoms with Gasteiger partial charge in [0.1, 0.15) is 0 Å². The average molecular weight is 378 g/mol.